The molecule has 0 aliphatic heterocycles. The van der Waals surface area contributed by atoms with Gasteiger partial charge in [0.25, 0.3) is 0 Å². The van der Waals surface area contributed by atoms with Crippen LogP contribution in [0.15, 0.2) is 95.9 Å². The first-order valence-electron chi connectivity index (χ1n) is 12.0. The van der Waals surface area contributed by atoms with Crippen LogP contribution in [0, 0.1) is 0 Å². The summed E-state index contributed by atoms with van der Waals surface area (Å²) in [6.07, 6.45) is 2.38. The van der Waals surface area contributed by atoms with Crippen molar-refractivity contribution < 1.29 is 0 Å². The van der Waals surface area contributed by atoms with E-state index in [4.69, 9.17) is 0 Å². The van der Waals surface area contributed by atoms with Crippen LogP contribution in [0.25, 0.3) is 0 Å². The zero-order chi connectivity index (χ0) is 22.4. The molecular formula is C29H38N2S. The summed E-state index contributed by atoms with van der Waals surface area (Å²) in [5, 5.41) is 0. The first-order valence-corrected chi connectivity index (χ1v) is 12.9. The molecule has 0 bridgehead atoms. The highest BCUT2D eigenvalue weighted by Crippen LogP contribution is 2.18. The largest absolute Gasteiger partial charge is 0.298 e. The smallest absolute Gasteiger partial charge is 0.0237 e. The van der Waals surface area contributed by atoms with Gasteiger partial charge in [-0.05, 0) is 55.3 Å². The molecule has 3 aromatic carbocycles. The molecule has 3 aromatic rings. The Hall–Kier alpha value is -2.07. The predicted molar refractivity (Wildman–Crippen MR) is 140 cm³/mol. The molecule has 0 spiro atoms. The molecule has 0 N–H and O–H groups in total. The van der Waals surface area contributed by atoms with E-state index in [1.807, 2.05) is 11.8 Å². The fourth-order valence-corrected chi connectivity index (χ4v) is 4.77. The van der Waals surface area contributed by atoms with Crippen molar-refractivity contribution in [3.63, 3.8) is 0 Å². The maximum atomic E-state index is 2.64. The van der Waals surface area contributed by atoms with Crippen LogP contribution in [0.1, 0.15) is 37.8 Å². The minimum Gasteiger partial charge on any atom is -0.298 e. The zero-order valence-electron chi connectivity index (χ0n) is 19.7. The van der Waals surface area contributed by atoms with E-state index in [9.17, 15) is 0 Å². The first-order chi connectivity index (χ1) is 15.7. The van der Waals surface area contributed by atoms with Crippen molar-refractivity contribution in [2.75, 3.05) is 25.4 Å². The SMILES string of the molecule is CCC(C)N(CCN(CCCSc1ccccc1)Cc1ccccc1)Cc1ccccc1. The molecule has 0 radical (unpaired) electrons. The van der Waals surface area contributed by atoms with Gasteiger partial charge in [-0.15, -0.1) is 11.8 Å². The van der Waals surface area contributed by atoms with Crippen molar-refractivity contribution in [1.29, 1.82) is 0 Å². The van der Waals surface area contributed by atoms with Crippen LogP contribution < -0.4 is 0 Å². The second-order valence-electron chi connectivity index (χ2n) is 8.49. The van der Waals surface area contributed by atoms with Crippen LogP contribution in [-0.4, -0.2) is 41.2 Å². The number of thioether (sulfide) groups is 1. The Balaban J connectivity index is 1.56. The quantitative estimate of drug-likeness (QED) is 0.195. The third kappa shape index (κ3) is 8.82. The molecule has 32 heavy (non-hydrogen) atoms. The molecule has 3 rings (SSSR count). The molecular weight excluding hydrogens is 408 g/mol. The number of nitrogens with zero attached hydrogens (tertiary/aromatic N) is 2. The van der Waals surface area contributed by atoms with Crippen LogP contribution in [-0.2, 0) is 13.1 Å². The van der Waals surface area contributed by atoms with Crippen molar-refractivity contribution in [3.05, 3.63) is 102 Å². The Labute approximate surface area is 199 Å². The minimum atomic E-state index is 0.586. The van der Waals surface area contributed by atoms with Gasteiger partial charge in [-0.25, -0.2) is 0 Å². The summed E-state index contributed by atoms with van der Waals surface area (Å²) >= 11 is 1.97. The van der Waals surface area contributed by atoms with Crippen LogP contribution in [0.2, 0.25) is 0 Å². The predicted octanol–water partition coefficient (Wildman–Crippen LogP) is 6.97. The molecule has 0 aromatic heterocycles. The lowest BCUT2D eigenvalue weighted by molar-refractivity contribution is 0.154. The highest BCUT2D eigenvalue weighted by Gasteiger charge is 2.15. The van der Waals surface area contributed by atoms with Gasteiger partial charge in [-0.3, -0.25) is 9.80 Å². The van der Waals surface area contributed by atoms with E-state index in [1.54, 1.807) is 0 Å². The zero-order valence-corrected chi connectivity index (χ0v) is 20.5. The molecule has 0 fully saturated rings. The lowest BCUT2D eigenvalue weighted by Crippen LogP contribution is -2.39. The van der Waals surface area contributed by atoms with E-state index in [2.05, 4.69) is 115 Å². The fraction of sp³-hybridized carbons (Fsp3) is 0.379. The van der Waals surface area contributed by atoms with Gasteiger partial charge in [0.05, 0.1) is 0 Å². The lowest BCUT2D eigenvalue weighted by atomic mass is 10.1. The second-order valence-corrected chi connectivity index (χ2v) is 9.66. The van der Waals surface area contributed by atoms with E-state index in [-0.39, 0.29) is 0 Å². The molecule has 0 amide bonds. The minimum absolute atomic E-state index is 0.586. The monoisotopic (exact) mass is 446 g/mol. The van der Waals surface area contributed by atoms with Crippen molar-refractivity contribution in [2.24, 2.45) is 0 Å². The van der Waals surface area contributed by atoms with E-state index >= 15 is 0 Å². The summed E-state index contributed by atoms with van der Waals surface area (Å²) in [7, 11) is 0. The summed E-state index contributed by atoms with van der Waals surface area (Å²) in [5.74, 6) is 1.16. The molecule has 0 aliphatic carbocycles. The van der Waals surface area contributed by atoms with E-state index in [1.165, 1.54) is 28.9 Å². The van der Waals surface area contributed by atoms with Gasteiger partial charge in [0.15, 0.2) is 0 Å². The summed E-state index contributed by atoms with van der Waals surface area (Å²) in [6.45, 7) is 10.0. The van der Waals surface area contributed by atoms with Crippen molar-refractivity contribution in [3.8, 4) is 0 Å². The highest BCUT2D eigenvalue weighted by atomic mass is 32.2. The van der Waals surface area contributed by atoms with E-state index in [0.717, 1.165) is 38.5 Å². The van der Waals surface area contributed by atoms with Crippen LogP contribution in [0.3, 0.4) is 0 Å². The van der Waals surface area contributed by atoms with Crippen molar-refractivity contribution >= 4 is 11.8 Å². The molecule has 0 heterocycles. The third-order valence-electron chi connectivity index (χ3n) is 6.03. The first kappa shape index (κ1) is 24.6. The van der Waals surface area contributed by atoms with Gasteiger partial charge >= 0.3 is 0 Å². The Bertz CT molecular complexity index is 854. The number of rotatable bonds is 14. The number of hydrogen-bond donors (Lipinski definition) is 0. The second kappa shape index (κ2) is 14.2. The topological polar surface area (TPSA) is 6.48 Å². The van der Waals surface area contributed by atoms with Gasteiger partial charge in [0, 0.05) is 37.1 Å². The van der Waals surface area contributed by atoms with E-state index < -0.39 is 0 Å². The van der Waals surface area contributed by atoms with Gasteiger partial charge in [0.2, 0.25) is 0 Å². The van der Waals surface area contributed by atoms with Gasteiger partial charge in [0.1, 0.15) is 0 Å². The Morgan fingerprint density at radius 2 is 1.25 bits per heavy atom. The number of benzene rings is 3. The Morgan fingerprint density at radius 1 is 0.688 bits per heavy atom. The summed E-state index contributed by atoms with van der Waals surface area (Å²) in [5.41, 5.74) is 2.81. The van der Waals surface area contributed by atoms with Crippen LogP contribution in [0.4, 0.5) is 0 Å². The molecule has 2 nitrogen and oxygen atoms in total. The van der Waals surface area contributed by atoms with Crippen molar-refractivity contribution in [2.45, 2.75) is 50.7 Å². The molecule has 0 saturated carbocycles. The van der Waals surface area contributed by atoms with Gasteiger partial charge in [-0.2, -0.15) is 0 Å². The Morgan fingerprint density at radius 3 is 1.84 bits per heavy atom. The summed E-state index contributed by atoms with van der Waals surface area (Å²) < 4.78 is 0. The fourth-order valence-electron chi connectivity index (χ4n) is 3.91. The molecule has 1 unspecified atom stereocenters. The van der Waals surface area contributed by atoms with Gasteiger partial charge in [-0.1, -0.05) is 85.8 Å². The maximum absolute atomic E-state index is 2.64. The third-order valence-corrected chi connectivity index (χ3v) is 7.12. The Kier molecular flexibility index (Phi) is 10.9. The lowest BCUT2D eigenvalue weighted by Gasteiger charge is -2.32. The summed E-state index contributed by atoms with van der Waals surface area (Å²) in [6, 6.07) is 33.2. The highest BCUT2D eigenvalue weighted by molar-refractivity contribution is 7.99. The normalized spacial score (nSPS) is 12.4. The van der Waals surface area contributed by atoms with Gasteiger partial charge < -0.3 is 0 Å². The van der Waals surface area contributed by atoms with Crippen LogP contribution in [0.5, 0.6) is 0 Å². The molecule has 0 saturated heterocycles. The maximum Gasteiger partial charge on any atom is 0.0237 e. The van der Waals surface area contributed by atoms with Crippen LogP contribution >= 0.6 is 11.8 Å². The molecule has 1 atom stereocenters. The average molecular weight is 447 g/mol. The summed E-state index contributed by atoms with van der Waals surface area (Å²) in [4.78, 5) is 6.65. The molecule has 170 valence electrons. The molecule has 0 aliphatic rings. The van der Waals surface area contributed by atoms with Crippen molar-refractivity contribution in [1.82, 2.24) is 9.80 Å². The molecule has 3 heteroatoms. The number of hydrogen-bond acceptors (Lipinski definition) is 3. The van der Waals surface area contributed by atoms with E-state index in [0.29, 0.717) is 6.04 Å². The average Bonchev–Trinajstić information content (AvgIpc) is 2.85. The standard InChI is InChI=1S/C29H38N2S/c1-3-26(2)31(25-28-16-9-5-10-17-28)22-21-30(24-27-14-7-4-8-15-27)20-13-23-32-29-18-11-6-12-19-29/h4-12,14-19,26H,3,13,20-25H2,1-2H3.